The van der Waals surface area contributed by atoms with Gasteiger partial charge in [0, 0.05) is 31.8 Å². The highest BCUT2D eigenvalue weighted by atomic mass is 32.2. The van der Waals surface area contributed by atoms with Crippen molar-refractivity contribution in [2.75, 3.05) is 32.3 Å². The molecule has 0 saturated carbocycles. The molecular formula is C33H40N2O5S. The molecular weight excluding hydrogens is 536 g/mol. The van der Waals surface area contributed by atoms with Crippen LogP contribution in [-0.2, 0) is 27.4 Å². The van der Waals surface area contributed by atoms with Crippen LogP contribution in [0.2, 0.25) is 0 Å². The molecule has 0 radical (unpaired) electrons. The zero-order valence-corrected chi connectivity index (χ0v) is 24.9. The average molecular weight is 577 g/mol. The number of carbonyl (C=O) groups excluding carboxylic acids is 1. The van der Waals surface area contributed by atoms with Gasteiger partial charge in [-0.2, -0.15) is 11.8 Å². The normalized spacial score (nSPS) is 17.8. The van der Waals surface area contributed by atoms with E-state index in [4.69, 9.17) is 9.47 Å². The van der Waals surface area contributed by atoms with Crippen molar-refractivity contribution in [2.24, 2.45) is 0 Å². The van der Waals surface area contributed by atoms with Gasteiger partial charge in [0.25, 0.3) is 5.91 Å². The maximum absolute atomic E-state index is 13.4. The Hall–Kier alpha value is -3.17. The Morgan fingerprint density at radius 3 is 2.51 bits per heavy atom. The van der Waals surface area contributed by atoms with E-state index in [2.05, 4.69) is 28.4 Å². The number of benzene rings is 3. The van der Waals surface area contributed by atoms with Crippen LogP contribution < -0.4 is 5.32 Å². The lowest BCUT2D eigenvalue weighted by molar-refractivity contribution is -0.139. The molecule has 3 aromatic rings. The zero-order chi connectivity index (χ0) is 29.2. The van der Waals surface area contributed by atoms with E-state index in [1.807, 2.05) is 67.8 Å². The lowest BCUT2D eigenvalue weighted by atomic mass is 9.93. The highest BCUT2D eigenvalue weighted by molar-refractivity contribution is 7.98. The second kappa shape index (κ2) is 15.2. The third-order valence-corrected chi connectivity index (χ3v) is 8.18. The molecule has 1 aliphatic heterocycles. The monoisotopic (exact) mass is 576 g/mol. The minimum Gasteiger partial charge on any atom is -0.480 e. The van der Waals surface area contributed by atoms with Crippen LogP contribution in [0.25, 0.3) is 11.1 Å². The number of amides is 1. The number of ether oxygens (including phenoxy) is 2. The van der Waals surface area contributed by atoms with Gasteiger partial charge in [-0.05, 0) is 71.7 Å². The topological polar surface area (TPSA) is 88.1 Å². The maximum Gasteiger partial charge on any atom is 0.326 e. The van der Waals surface area contributed by atoms with Gasteiger partial charge in [0.2, 0.25) is 0 Å². The summed E-state index contributed by atoms with van der Waals surface area (Å²) in [6, 6.07) is 23.3. The minimum absolute atomic E-state index is 0.102. The van der Waals surface area contributed by atoms with Crippen molar-refractivity contribution in [3.63, 3.8) is 0 Å². The van der Waals surface area contributed by atoms with Gasteiger partial charge < -0.3 is 19.9 Å². The number of nitrogens with one attached hydrogen (secondary N) is 1. The number of aryl methyl sites for hydroxylation is 1. The van der Waals surface area contributed by atoms with Crippen molar-refractivity contribution in [3.05, 3.63) is 95.1 Å². The van der Waals surface area contributed by atoms with Gasteiger partial charge in [0.15, 0.2) is 0 Å². The van der Waals surface area contributed by atoms with E-state index in [1.165, 1.54) is 0 Å². The molecule has 1 aliphatic rings. The molecule has 1 heterocycles. The van der Waals surface area contributed by atoms with Crippen LogP contribution in [0, 0.1) is 6.92 Å². The fourth-order valence-electron chi connectivity index (χ4n) is 5.36. The summed E-state index contributed by atoms with van der Waals surface area (Å²) in [7, 11) is 1.73. The summed E-state index contributed by atoms with van der Waals surface area (Å²) in [5.41, 5.74) is 5.49. The van der Waals surface area contributed by atoms with Crippen molar-refractivity contribution in [1.29, 1.82) is 0 Å². The lowest BCUT2D eigenvalue weighted by Gasteiger charge is -2.24. The van der Waals surface area contributed by atoms with E-state index in [0.29, 0.717) is 37.5 Å². The SMILES string of the molecule is COC[C@@H]1C[C@H](OCc2ccccc2)CN1Cc1ccc(C(=O)N[C@@H](CCSC)C(=O)O)c(-c2ccccc2C)c1. The van der Waals surface area contributed by atoms with Crippen LogP contribution >= 0.6 is 11.8 Å². The molecule has 0 aliphatic carbocycles. The number of carboxylic acid groups (broad SMARTS) is 1. The minimum atomic E-state index is -1.02. The number of carbonyl (C=O) groups is 2. The van der Waals surface area contributed by atoms with E-state index in [9.17, 15) is 14.7 Å². The first-order valence-corrected chi connectivity index (χ1v) is 15.4. The van der Waals surface area contributed by atoms with Gasteiger partial charge in [-0.3, -0.25) is 9.69 Å². The van der Waals surface area contributed by atoms with Crippen LogP contribution in [-0.4, -0.2) is 72.3 Å². The van der Waals surface area contributed by atoms with Gasteiger partial charge in [-0.15, -0.1) is 0 Å². The van der Waals surface area contributed by atoms with Crippen LogP contribution in [0.5, 0.6) is 0 Å². The first-order chi connectivity index (χ1) is 19.9. The summed E-state index contributed by atoms with van der Waals surface area (Å²) in [5.74, 6) is -0.755. The van der Waals surface area contributed by atoms with Crippen molar-refractivity contribution in [3.8, 4) is 11.1 Å². The molecule has 3 atom stereocenters. The highest BCUT2D eigenvalue weighted by Gasteiger charge is 2.33. The van der Waals surface area contributed by atoms with Crippen molar-refractivity contribution in [2.45, 2.75) is 51.1 Å². The first kappa shape index (κ1) is 30.8. The second-order valence-corrected chi connectivity index (χ2v) is 11.5. The number of thioether (sulfide) groups is 1. The smallest absolute Gasteiger partial charge is 0.326 e. The van der Waals surface area contributed by atoms with Crippen molar-refractivity contribution in [1.82, 2.24) is 10.2 Å². The Bertz CT molecular complexity index is 1300. The Morgan fingerprint density at radius 2 is 1.80 bits per heavy atom. The zero-order valence-electron chi connectivity index (χ0n) is 24.0. The predicted octanol–water partition coefficient (Wildman–Crippen LogP) is 5.40. The summed E-state index contributed by atoms with van der Waals surface area (Å²) in [6.07, 6.45) is 3.28. The summed E-state index contributed by atoms with van der Waals surface area (Å²) in [4.78, 5) is 27.6. The number of methoxy groups -OCH3 is 1. The number of hydrogen-bond acceptors (Lipinski definition) is 6. The third-order valence-electron chi connectivity index (χ3n) is 7.54. The molecule has 218 valence electrons. The number of nitrogens with zero attached hydrogens (tertiary/aromatic N) is 1. The summed E-state index contributed by atoms with van der Waals surface area (Å²) < 4.78 is 11.8. The molecule has 41 heavy (non-hydrogen) atoms. The molecule has 7 nitrogen and oxygen atoms in total. The summed E-state index contributed by atoms with van der Waals surface area (Å²) in [5, 5.41) is 12.4. The number of carboxylic acids is 1. The molecule has 1 saturated heterocycles. The number of hydrogen-bond donors (Lipinski definition) is 2. The van der Waals surface area contributed by atoms with Gasteiger partial charge in [-0.25, -0.2) is 4.79 Å². The number of rotatable bonds is 14. The van der Waals surface area contributed by atoms with E-state index in [0.717, 1.165) is 40.8 Å². The fourth-order valence-corrected chi connectivity index (χ4v) is 5.83. The van der Waals surface area contributed by atoms with Crippen LogP contribution in [0.1, 0.15) is 39.9 Å². The maximum atomic E-state index is 13.4. The van der Waals surface area contributed by atoms with Crippen LogP contribution in [0.15, 0.2) is 72.8 Å². The summed E-state index contributed by atoms with van der Waals surface area (Å²) in [6.45, 7) is 4.69. The predicted molar refractivity (Wildman–Crippen MR) is 164 cm³/mol. The first-order valence-electron chi connectivity index (χ1n) is 14.0. The number of likely N-dealkylation sites (tertiary alicyclic amines) is 1. The Labute approximate surface area is 247 Å². The van der Waals surface area contributed by atoms with Gasteiger partial charge in [0.05, 0.1) is 19.3 Å². The van der Waals surface area contributed by atoms with Crippen LogP contribution in [0.3, 0.4) is 0 Å². The second-order valence-electron chi connectivity index (χ2n) is 10.5. The van der Waals surface area contributed by atoms with Crippen LogP contribution in [0.4, 0.5) is 0 Å². The Kier molecular flexibility index (Phi) is 11.4. The highest BCUT2D eigenvalue weighted by Crippen LogP contribution is 2.30. The molecule has 0 aromatic heterocycles. The summed E-state index contributed by atoms with van der Waals surface area (Å²) >= 11 is 1.56. The molecule has 3 aromatic carbocycles. The fraction of sp³-hybridized carbons (Fsp3) is 0.394. The molecule has 0 unspecified atom stereocenters. The quantitative estimate of drug-likeness (QED) is 0.266. The van der Waals surface area contributed by atoms with Gasteiger partial charge >= 0.3 is 5.97 Å². The van der Waals surface area contributed by atoms with E-state index < -0.39 is 12.0 Å². The Balaban J connectivity index is 1.56. The molecule has 4 rings (SSSR count). The van der Waals surface area contributed by atoms with Gasteiger partial charge in [-0.1, -0.05) is 60.7 Å². The van der Waals surface area contributed by atoms with Crippen molar-refractivity contribution < 1.29 is 24.2 Å². The van der Waals surface area contributed by atoms with Crippen molar-refractivity contribution >= 4 is 23.6 Å². The molecule has 0 spiro atoms. The largest absolute Gasteiger partial charge is 0.480 e. The average Bonchev–Trinajstić information content (AvgIpc) is 3.35. The van der Waals surface area contributed by atoms with E-state index >= 15 is 0 Å². The molecule has 1 fully saturated rings. The third kappa shape index (κ3) is 8.42. The molecule has 2 N–H and O–H groups in total. The molecule has 8 heteroatoms. The molecule has 0 bridgehead atoms. The van der Waals surface area contributed by atoms with E-state index in [-0.39, 0.29) is 18.1 Å². The number of aliphatic carboxylic acids is 1. The van der Waals surface area contributed by atoms with Gasteiger partial charge in [0.1, 0.15) is 6.04 Å². The molecule has 1 amide bonds. The lowest BCUT2D eigenvalue weighted by Crippen LogP contribution is -2.41. The van der Waals surface area contributed by atoms with E-state index in [1.54, 1.807) is 18.9 Å². The Morgan fingerprint density at radius 1 is 1.05 bits per heavy atom. The standard InChI is InChI=1S/C33H40N2O5S/c1-23-9-7-8-12-28(23)30-17-25(13-14-29(30)32(36)34-31(33(37)38)15-16-41-3)19-35-20-27(18-26(35)22-39-2)40-21-24-10-5-4-6-11-24/h4-14,17,26-27,31H,15-16,18-22H2,1-3H3,(H,34,36)(H,37,38)/t26-,27-,31-/m0/s1.